The fourth-order valence-electron chi connectivity index (χ4n) is 1.39. The Morgan fingerprint density at radius 2 is 2.33 bits per heavy atom. The maximum atomic E-state index is 11.4. The number of anilines is 1. The van der Waals surface area contributed by atoms with Crippen molar-refractivity contribution in [3.63, 3.8) is 0 Å². The van der Waals surface area contributed by atoms with Gasteiger partial charge in [0.15, 0.2) is 0 Å². The number of nitrogens with one attached hydrogen (secondary N) is 1. The highest BCUT2D eigenvalue weighted by atomic mass is 32.2. The second-order valence-corrected chi connectivity index (χ2v) is 4.00. The van der Waals surface area contributed by atoms with Crippen molar-refractivity contribution in [1.29, 1.82) is 0 Å². The van der Waals surface area contributed by atoms with Crippen LogP contribution in [0.15, 0.2) is 23.1 Å². The maximum Gasteiger partial charge on any atom is 0.339 e. The van der Waals surface area contributed by atoms with Gasteiger partial charge in [0.2, 0.25) is 5.91 Å². The standard InChI is InChI=1S/C10H9NO3S/c1-14-10(13)6-3-2-4-7-9(6)15-5-8(12)11-7/h2-4H,5H2,1H3,(H,11,12). The number of methoxy groups -OCH3 is 1. The van der Waals surface area contributed by atoms with Gasteiger partial charge in [-0.1, -0.05) is 6.07 Å². The SMILES string of the molecule is COC(=O)c1cccc2c1SCC(=O)N2. The summed E-state index contributed by atoms with van der Waals surface area (Å²) in [5.74, 6) is -0.0916. The Morgan fingerprint density at radius 3 is 3.07 bits per heavy atom. The van der Waals surface area contributed by atoms with Crippen LogP contribution in [0.3, 0.4) is 0 Å². The molecule has 0 fully saturated rings. The third-order valence-electron chi connectivity index (χ3n) is 2.04. The summed E-state index contributed by atoms with van der Waals surface area (Å²) in [6.45, 7) is 0. The van der Waals surface area contributed by atoms with Crippen LogP contribution in [0.2, 0.25) is 0 Å². The van der Waals surface area contributed by atoms with Gasteiger partial charge in [-0.3, -0.25) is 4.79 Å². The molecule has 4 nitrogen and oxygen atoms in total. The zero-order valence-electron chi connectivity index (χ0n) is 8.07. The number of carbonyl (C=O) groups excluding carboxylic acids is 2. The minimum absolute atomic E-state index is 0.0467. The molecule has 0 saturated carbocycles. The number of thioether (sulfide) groups is 1. The summed E-state index contributed by atoms with van der Waals surface area (Å²) < 4.78 is 4.66. The van der Waals surface area contributed by atoms with Crippen molar-refractivity contribution in [3.05, 3.63) is 23.8 Å². The van der Waals surface area contributed by atoms with Gasteiger partial charge in [-0.25, -0.2) is 4.79 Å². The zero-order chi connectivity index (χ0) is 10.8. The Balaban J connectivity index is 2.46. The molecule has 78 valence electrons. The van der Waals surface area contributed by atoms with Gasteiger partial charge in [-0.15, -0.1) is 11.8 Å². The van der Waals surface area contributed by atoms with Crippen LogP contribution in [0.1, 0.15) is 10.4 Å². The van der Waals surface area contributed by atoms with Crippen LogP contribution in [-0.4, -0.2) is 24.7 Å². The van der Waals surface area contributed by atoms with Gasteiger partial charge in [0.05, 0.1) is 24.1 Å². The lowest BCUT2D eigenvalue weighted by molar-refractivity contribution is -0.113. The molecule has 0 spiro atoms. The van der Waals surface area contributed by atoms with Crippen LogP contribution in [0, 0.1) is 0 Å². The van der Waals surface area contributed by atoms with E-state index in [0.29, 0.717) is 17.0 Å². The molecule has 1 aromatic rings. The molecule has 1 N–H and O–H groups in total. The average Bonchev–Trinajstić information content (AvgIpc) is 2.26. The zero-order valence-corrected chi connectivity index (χ0v) is 8.89. The van der Waals surface area contributed by atoms with E-state index in [4.69, 9.17) is 0 Å². The Kier molecular flexibility index (Phi) is 2.64. The average molecular weight is 223 g/mol. The van der Waals surface area contributed by atoms with Gasteiger partial charge < -0.3 is 10.1 Å². The molecule has 0 radical (unpaired) electrons. The minimum atomic E-state index is -0.379. The molecule has 1 aliphatic heterocycles. The first-order chi connectivity index (χ1) is 7.22. The van der Waals surface area contributed by atoms with Gasteiger partial charge >= 0.3 is 5.97 Å². The van der Waals surface area contributed by atoms with Crippen molar-refractivity contribution in [2.45, 2.75) is 4.90 Å². The normalized spacial score (nSPS) is 14.1. The molecule has 15 heavy (non-hydrogen) atoms. The van der Waals surface area contributed by atoms with Gasteiger partial charge in [-0.2, -0.15) is 0 Å². The molecule has 0 aromatic heterocycles. The molecule has 0 atom stereocenters. The first kappa shape index (κ1) is 10.0. The molecule has 0 aliphatic carbocycles. The minimum Gasteiger partial charge on any atom is -0.465 e. The highest BCUT2D eigenvalue weighted by Crippen LogP contribution is 2.34. The summed E-state index contributed by atoms with van der Waals surface area (Å²) >= 11 is 1.35. The number of ether oxygens (including phenoxy) is 1. The molecule has 1 heterocycles. The van der Waals surface area contributed by atoms with Crippen molar-refractivity contribution < 1.29 is 14.3 Å². The molecule has 0 unspecified atom stereocenters. The Labute approximate surface area is 91.0 Å². The van der Waals surface area contributed by atoms with Crippen LogP contribution < -0.4 is 5.32 Å². The van der Waals surface area contributed by atoms with Gasteiger partial charge in [0.25, 0.3) is 0 Å². The van der Waals surface area contributed by atoms with Crippen molar-refractivity contribution in [2.24, 2.45) is 0 Å². The lowest BCUT2D eigenvalue weighted by atomic mass is 10.2. The largest absolute Gasteiger partial charge is 0.465 e. The fourth-order valence-corrected chi connectivity index (χ4v) is 2.31. The van der Waals surface area contributed by atoms with E-state index in [-0.39, 0.29) is 11.9 Å². The number of carbonyl (C=O) groups is 2. The second-order valence-electron chi connectivity index (χ2n) is 3.01. The van der Waals surface area contributed by atoms with E-state index in [2.05, 4.69) is 10.1 Å². The number of hydrogen-bond acceptors (Lipinski definition) is 4. The van der Waals surface area contributed by atoms with Crippen LogP contribution in [-0.2, 0) is 9.53 Å². The highest BCUT2D eigenvalue weighted by molar-refractivity contribution is 8.00. The predicted molar refractivity (Wildman–Crippen MR) is 57.1 cm³/mol. The number of esters is 1. The summed E-state index contributed by atoms with van der Waals surface area (Å²) in [5, 5.41) is 2.71. The molecule has 1 amide bonds. The summed E-state index contributed by atoms with van der Waals surface area (Å²) in [4.78, 5) is 23.3. The molecule has 5 heteroatoms. The van der Waals surface area contributed by atoms with E-state index in [9.17, 15) is 9.59 Å². The van der Waals surface area contributed by atoms with Crippen LogP contribution in [0.25, 0.3) is 0 Å². The third-order valence-corrected chi connectivity index (χ3v) is 3.18. The van der Waals surface area contributed by atoms with E-state index in [1.54, 1.807) is 18.2 Å². The van der Waals surface area contributed by atoms with Crippen molar-refractivity contribution in [3.8, 4) is 0 Å². The van der Waals surface area contributed by atoms with Crippen LogP contribution >= 0.6 is 11.8 Å². The Morgan fingerprint density at radius 1 is 1.53 bits per heavy atom. The van der Waals surface area contributed by atoms with Crippen molar-refractivity contribution in [2.75, 3.05) is 18.2 Å². The van der Waals surface area contributed by atoms with E-state index in [1.807, 2.05) is 0 Å². The third kappa shape index (κ3) is 1.83. The van der Waals surface area contributed by atoms with E-state index in [0.717, 1.165) is 4.90 Å². The van der Waals surface area contributed by atoms with E-state index >= 15 is 0 Å². The van der Waals surface area contributed by atoms with Crippen LogP contribution in [0.4, 0.5) is 5.69 Å². The number of amides is 1. The second kappa shape index (κ2) is 3.94. The lowest BCUT2D eigenvalue weighted by Gasteiger charge is -2.18. The lowest BCUT2D eigenvalue weighted by Crippen LogP contribution is -2.20. The number of hydrogen-bond donors (Lipinski definition) is 1. The number of rotatable bonds is 1. The van der Waals surface area contributed by atoms with Gasteiger partial charge in [0, 0.05) is 4.90 Å². The Hall–Kier alpha value is -1.49. The highest BCUT2D eigenvalue weighted by Gasteiger charge is 2.21. The fraction of sp³-hybridized carbons (Fsp3) is 0.200. The number of fused-ring (bicyclic) bond motifs is 1. The molecule has 1 aliphatic rings. The molecule has 0 saturated heterocycles. The van der Waals surface area contributed by atoms with Crippen LogP contribution in [0.5, 0.6) is 0 Å². The summed E-state index contributed by atoms with van der Waals surface area (Å²) in [6.07, 6.45) is 0. The van der Waals surface area contributed by atoms with E-state index < -0.39 is 0 Å². The first-order valence-corrected chi connectivity index (χ1v) is 5.35. The number of benzene rings is 1. The smallest absolute Gasteiger partial charge is 0.339 e. The molecular weight excluding hydrogens is 214 g/mol. The van der Waals surface area contributed by atoms with E-state index in [1.165, 1.54) is 18.9 Å². The summed E-state index contributed by atoms with van der Waals surface area (Å²) in [7, 11) is 1.34. The maximum absolute atomic E-state index is 11.4. The molecular formula is C10H9NO3S. The quantitative estimate of drug-likeness (QED) is 0.733. The van der Waals surface area contributed by atoms with Gasteiger partial charge in [0.1, 0.15) is 0 Å². The molecule has 0 bridgehead atoms. The monoisotopic (exact) mass is 223 g/mol. The van der Waals surface area contributed by atoms with Crippen molar-refractivity contribution in [1.82, 2.24) is 0 Å². The van der Waals surface area contributed by atoms with Gasteiger partial charge in [-0.05, 0) is 12.1 Å². The first-order valence-electron chi connectivity index (χ1n) is 4.36. The summed E-state index contributed by atoms with van der Waals surface area (Å²) in [6, 6.07) is 5.18. The topological polar surface area (TPSA) is 55.4 Å². The van der Waals surface area contributed by atoms with Crippen molar-refractivity contribution >= 4 is 29.3 Å². The predicted octanol–water partition coefficient (Wildman–Crippen LogP) is 1.52. The molecule has 2 rings (SSSR count). The molecule has 1 aromatic carbocycles. The Bertz CT molecular complexity index is 431. The summed E-state index contributed by atoms with van der Waals surface area (Å²) in [5.41, 5.74) is 1.18.